The Morgan fingerprint density at radius 2 is 1.59 bits per heavy atom. The van der Waals surface area contributed by atoms with E-state index < -0.39 is 11.5 Å². The number of fused-ring (bicyclic) bond motifs is 1. The van der Waals surface area contributed by atoms with Gasteiger partial charge >= 0.3 is 5.97 Å². The van der Waals surface area contributed by atoms with Gasteiger partial charge in [0, 0.05) is 48.9 Å². The standard InChI is InChI=1S/C25H29N5O3.ClH/c1-25(2,26)24(33)30-15-13-29(14-16-30)23-20-6-4-3-5-19(20)22(27-28-23)18-10-7-17(8-11-18)9-12-21(31)32;/h3-8,10-11H,9,12-16,26H2,1-2H3,(H,31,32);1H. The number of piperazine rings is 1. The lowest BCUT2D eigenvalue weighted by molar-refractivity contribution is -0.137. The van der Waals surface area contributed by atoms with Crippen molar-refractivity contribution < 1.29 is 14.7 Å². The maximum Gasteiger partial charge on any atom is 0.303 e. The maximum absolute atomic E-state index is 12.5. The van der Waals surface area contributed by atoms with Gasteiger partial charge in [-0.3, -0.25) is 9.59 Å². The number of carboxylic acid groups (broad SMARTS) is 1. The number of aliphatic carboxylic acids is 1. The highest BCUT2D eigenvalue weighted by Gasteiger charge is 2.31. The van der Waals surface area contributed by atoms with Gasteiger partial charge in [-0.25, -0.2) is 0 Å². The molecule has 0 radical (unpaired) electrons. The van der Waals surface area contributed by atoms with Crippen LogP contribution in [0.2, 0.25) is 0 Å². The maximum atomic E-state index is 12.5. The zero-order valence-electron chi connectivity index (χ0n) is 19.4. The van der Waals surface area contributed by atoms with E-state index in [4.69, 9.17) is 10.8 Å². The second-order valence-electron chi connectivity index (χ2n) is 9.01. The second-order valence-corrected chi connectivity index (χ2v) is 9.01. The summed E-state index contributed by atoms with van der Waals surface area (Å²) in [5.41, 5.74) is 7.81. The summed E-state index contributed by atoms with van der Waals surface area (Å²) in [6.07, 6.45) is 0.606. The van der Waals surface area contributed by atoms with Gasteiger partial charge in [0.25, 0.3) is 0 Å². The average Bonchev–Trinajstić information content (AvgIpc) is 2.81. The highest BCUT2D eigenvalue weighted by molar-refractivity contribution is 6.00. The number of rotatable bonds is 6. The third kappa shape index (κ3) is 5.46. The first-order chi connectivity index (χ1) is 15.7. The van der Waals surface area contributed by atoms with Gasteiger partial charge in [0.15, 0.2) is 5.82 Å². The Bertz CT molecular complexity index is 1170. The van der Waals surface area contributed by atoms with E-state index >= 15 is 0 Å². The minimum atomic E-state index is -0.876. The number of carbonyl (C=O) groups excluding carboxylic acids is 1. The molecule has 8 nitrogen and oxygen atoms in total. The third-order valence-corrected chi connectivity index (χ3v) is 5.94. The van der Waals surface area contributed by atoms with Crippen molar-refractivity contribution >= 4 is 40.9 Å². The number of halogens is 1. The molecule has 1 fully saturated rings. The fraction of sp³-hybridized carbons (Fsp3) is 0.360. The lowest BCUT2D eigenvalue weighted by Gasteiger charge is -2.38. The number of hydrogen-bond acceptors (Lipinski definition) is 6. The molecule has 3 aromatic rings. The zero-order chi connectivity index (χ0) is 23.6. The predicted octanol–water partition coefficient (Wildman–Crippen LogP) is 3.12. The van der Waals surface area contributed by atoms with E-state index in [0.717, 1.165) is 33.4 Å². The third-order valence-electron chi connectivity index (χ3n) is 5.94. The van der Waals surface area contributed by atoms with Crippen molar-refractivity contribution in [3.8, 4) is 11.3 Å². The molecule has 0 spiro atoms. The van der Waals surface area contributed by atoms with Gasteiger partial charge in [-0.15, -0.1) is 22.6 Å². The van der Waals surface area contributed by atoms with E-state index in [2.05, 4.69) is 15.1 Å². The van der Waals surface area contributed by atoms with Crippen LogP contribution in [0.1, 0.15) is 25.8 Å². The molecule has 1 aliphatic rings. The number of carbonyl (C=O) groups is 2. The summed E-state index contributed by atoms with van der Waals surface area (Å²) in [5, 5.41) is 20.0. The highest BCUT2D eigenvalue weighted by atomic mass is 35.5. The number of hydrogen-bond donors (Lipinski definition) is 2. The molecule has 4 rings (SSSR count). The topological polar surface area (TPSA) is 113 Å². The van der Waals surface area contributed by atoms with Crippen LogP contribution in [0.15, 0.2) is 48.5 Å². The van der Waals surface area contributed by atoms with Gasteiger partial charge in [-0.05, 0) is 25.8 Å². The van der Waals surface area contributed by atoms with Crippen molar-refractivity contribution in [2.45, 2.75) is 32.2 Å². The summed E-state index contributed by atoms with van der Waals surface area (Å²) in [6.45, 7) is 5.98. The van der Waals surface area contributed by atoms with E-state index in [1.165, 1.54) is 0 Å². The Morgan fingerprint density at radius 3 is 2.18 bits per heavy atom. The van der Waals surface area contributed by atoms with Gasteiger partial charge in [-0.1, -0.05) is 48.5 Å². The van der Waals surface area contributed by atoms with E-state index in [9.17, 15) is 9.59 Å². The van der Waals surface area contributed by atoms with Crippen LogP contribution in [0, 0.1) is 0 Å². The first-order valence-electron chi connectivity index (χ1n) is 11.1. The van der Waals surface area contributed by atoms with E-state index in [0.29, 0.717) is 32.6 Å². The molecule has 1 aliphatic heterocycles. The van der Waals surface area contributed by atoms with Crippen molar-refractivity contribution in [3.63, 3.8) is 0 Å². The Hall–Kier alpha value is -3.23. The van der Waals surface area contributed by atoms with Crippen LogP contribution >= 0.6 is 12.4 Å². The summed E-state index contributed by atoms with van der Waals surface area (Å²) < 4.78 is 0. The van der Waals surface area contributed by atoms with Gasteiger partial charge < -0.3 is 20.6 Å². The molecule has 180 valence electrons. The van der Waals surface area contributed by atoms with Crippen LogP contribution < -0.4 is 10.6 Å². The van der Waals surface area contributed by atoms with Crippen LogP contribution in [0.25, 0.3) is 22.0 Å². The SMILES string of the molecule is CC(C)(N)C(=O)N1CCN(c2nnc(-c3ccc(CCC(=O)O)cc3)c3ccccc23)CC1.Cl. The van der Waals surface area contributed by atoms with Gasteiger partial charge in [0.2, 0.25) is 5.91 Å². The Morgan fingerprint density at radius 1 is 0.971 bits per heavy atom. The summed E-state index contributed by atoms with van der Waals surface area (Å²) in [5.74, 6) is -0.0322. The second kappa shape index (κ2) is 10.4. The van der Waals surface area contributed by atoms with Crippen LogP contribution in [0.3, 0.4) is 0 Å². The molecule has 0 saturated carbocycles. The lowest BCUT2D eigenvalue weighted by atomic mass is 10.0. The summed E-state index contributed by atoms with van der Waals surface area (Å²) in [7, 11) is 0. The molecule has 1 amide bonds. The van der Waals surface area contributed by atoms with Crippen molar-refractivity contribution in [3.05, 3.63) is 54.1 Å². The largest absolute Gasteiger partial charge is 0.481 e. The van der Waals surface area contributed by atoms with Crippen LogP contribution in [-0.2, 0) is 16.0 Å². The lowest BCUT2D eigenvalue weighted by Crippen LogP contribution is -2.57. The van der Waals surface area contributed by atoms with Gasteiger partial charge in [0.1, 0.15) is 5.69 Å². The fourth-order valence-corrected chi connectivity index (χ4v) is 4.15. The summed E-state index contributed by atoms with van der Waals surface area (Å²) >= 11 is 0. The Balaban J connectivity index is 0.00000324. The van der Waals surface area contributed by atoms with Crippen molar-refractivity contribution in [1.82, 2.24) is 15.1 Å². The predicted molar refractivity (Wildman–Crippen MR) is 135 cm³/mol. The molecule has 0 aliphatic carbocycles. The molecule has 2 heterocycles. The molecule has 0 unspecified atom stereocenters. The minimum absolute atomic E-state index is 0. The summed E-state index contributed by atoms with van der Waals surface area (Å²) in [6, 6.07) is 15.9. The first kappa shape index (κ1) is 25.4. The normalized spacial score (nSPS) is 14.1. The molecule has 2 aromatic carbocycles. The average molecular weight is 484 g/mol. The molecule has 0 bridgehead atoms. The van der Waals surface area contributed by atoms with Crippen LogP contribution in [0.5, 0.6) is 0 Å². The number of nitrogens with two attached hydrogens (primary N) is 1. The van der Waals surface area contributed by atoms with E-state index in [1.54, 1.807) is 13.8 Å². The molecule has 0 atom stereocenters. The molecule has 9 heteroatoms. The van der Waals surface area contributed by atoms with E-state index in [-0.39, 0.29) is 24.7 Å². The van der Waals surface area contributed by atoms with Crippen molar-refractivity contribution in [1.29, 1.82) is 0 Å². The first-order valence-corrected chi connectivity index (χ1v) is 11.1. The number of aromatic nitrogens is 2. The smallest absolute Gasteiger partial charge is 0.303 e. The molecule has 34 heavy (non-hydrogen) atoms. The molecule has 1 aromatic heterocycles. The van der Waals surface area contributed by atoms with Crippen molar-refractivity contribution in [2.75, 3.05) is 31.1 Å². The number of amides is 1. The number of aryl methyl sites for hydroxylation is 1. The Labute approximate surface area is 205 Å². The number of carboxylic acids is 1. The number of anilines is 1. The minimum Gasteiger partial charge on any atom is -0.481 e. The Kier molecular flexibility index (Phi) is 7.74. The monoisotopic (exact) mass is 483 g/mol. The fourth-order valence-electron chi connectivity index (χ4n) is 4.15. The molecular weight excluding hydrogens is 454 g/mol. The highest BCUT2D eigenvalue weighted by Crippen LogP contribution is 2.32. The molecular formula is C25H30ClN5O3. The molecule has 3 N–H and O–H groups in total. The quantitative estimate of drug-likeness (QED) is 0.553. The number of benzene rings is 2. The van der Waals surface area contributed by atoms with Crippen LogP contribution in [-0.4, -0.2) is 63.8 Å². The number of nitrogens with zero attached hydrogens (tertiary/aromatic N) is 4. The molecule has 1 saturated heterocycles. The van der Waals surface area contributed by atoms with Gasteiger partial charge in [0.05, 0.1) is 5.54 Å². The zero-order valence-corrected chi connectivity index (χ0v) is 20.2. The van der Waals surface area contributed by atoms with Gasteiger partial charge in [-0.2, -0.15) is 0 Å². The van der Waals surface area contributed by atoms with E-state index in [1.807, 2.05) is 53.4 Å². The van der Waals surface area contributed by atoms with Crippen molar-refractivity contribution in [2.24, 2.45) is 5.73 Å². The summed E-state index contributed by atoms with van der Waals surface area (Å²) in [4.78, 5) is 27.3. The van der Waals surface area contributed by atoms with Crippen LogP contribution in [0.4, 0.5) is 5.82 Å².